The lowest BCUT2D eigenvalue weighted by Gasteiger charge is -2.09. The zero-order chi connectivity index (χ0) is 16.9. The number of hydrogen-bond acceptors (Lipinski definition) is 2. The smallest absolute Gasteiger partial charge is 0.233 e. The average molecular weight is 400 g/mol. The Balaban J connectivity index is 2.14. The van der Waals surface area contributed by atoms with E-state index in [1.54, 1.807) is 12.1 Å². The summed E-state index contributed by atoms with van der Waals surface area (Å²) in [5, 5.41) is 1.85. The fraction of sp³-hybridized carbons (Fsp3) is 0.0526. The fourth-order valence-corrected chi connectivity index (χ4v) is 4.85. The van der Waals surface area contributed by atoms with Crippen molar-refractivity contribution in [2.45, 2.75) is 11.8 Å². The number of fused-ring (bicyclic) bond motifs is 3. The number of aromatic nitrogens is 1. The highest BCUT2D eigenvalue weighted by Crippen LogP contribution is 2.33. The molecular formula is C19H14BrNO2S. The molecule has 120 valence electrons. The summed E-state index contributed by atoms with van der Waals surface area (Å²) >= 11 is 3.45. The number of rotatable bonds is 2. The lowest BCUT2D eigenvalue weighted by Crippen LogP contribution is -2.12. The van der Waals surface area contributed by atoms with Gasteiger partial charge in [-0.1, -0.05) is 57.9 Å². The van der Waals surface area contributed by atoms with E-state index < -0.39 is 10.0 Å². The average Bonchev–Trinajstić information content (AvgIpc) is 2.89. The first-order chi connectivity index (χ1) is 11.5. The molecule has 0 saturated carbocycles. The van der Waals surface area contributed by atoms with Crippen molar-refractivity contribution < 1.29 is 8.42 Å². The number of hydrogen-bond donors (Lipinski definition) is 0. The molecule has 1 heterocycles. The van der Waals surface area contributed by atoms with Gasteiger partial charge in [0.15, 0.2) is 0 Å². The first-order valence-electron chi connectivity index (χ1n) is 7.49. The van der Waals surface area contributed by atoms with Gasteiger partial charge in [0.2, 0.25) is 0 Å². The highest BCUT2D eigenvalue weighted by atomic mass is 79.9. The second-order valence-electron chi connectivity index (χ2n) is 5.76. The maximum atomic E-state index is 13.3. The molecule has 3 nitrogen and oxygen atoms in total. The van der Waals surface area contributed by atoms with E-state index in [0.717, 1.165) is 20.8 Å². The van der Waals surface area contributed by atoms with Crippen molar-refractivity contribution in [3.05, 3.63) is 76.8 Å². The third-order valence-electron chi connectivity index (χ3n) is 4.15. The molecule has 0 unspecified atom stereocenters. The normalized spacial score (nSPS) is 12.1. The van der Waals surface area contributed by atoms with E-state index in [4.69, 9.17) is 0 Å². The standard InChI is InChI=1S/C19H14BrNO2S/c1-13-6-9-15(10-7-13)24(22,23)21-18-5-3-2-4-16(18)17-11-8-14(20)12-19(17)21/h2-12H,1H3. The minimum atomic E-state index is -3.69. The van der Waals surface area contributed by atoms with Crippen molar-refractivity contribution in [2.75, 3.05) is 0 Å². The molecule has 0 bridgehead atoms. The molecule has 0 radical (unpaired) electrons. The van der Waals surface area contributed by atoms with Gasteiger partial charge in [-0.05, 0) is 37.3 Å². The summed E-state index contributed by atoms with van der Waals surface area (Å²) in [5.41, 5.74) is 2.39. The minimum Gasteiger partial charge on any atom is -0.233 e. The molecule has 0 amide bonds. The summed E-state index contributed by atoms with van der Waals surface area (Å²) in [6.45, 7) is 1.94. The Labute approximate surface area is 148 Å². The van der Waals surface area contributed by atoms with Gasteiger partial charge in [0.25, 0.3) is 10.0 Å². The topological polar surface area (TPSA) is 39.1 Å². The molecule has 1 aromatic heterocycles. The van der Waals surface area contributed by atoms with E-state index in [2.05, 4.69) is 15.9 Å². The van der Waals surface area contributed by atoms with Crippen LogP contribution in [0.25, 0.3) is 21.8 Å². The van der Waals surface area contributed by atoms with Crippen LogP contribution in [-0.4, -0.2) is 12.4 Å². The van der Waals surface area contributed by atoms with E-state index in [0.29, 0.717) is 11.0 Å². The van der Waals surface area contributed by atoms with Gasteiger partial charge >= 0.3 is 0 Å². The summed E-state index contributed by atoms with van der Waals surface area (Å²) in [6.07, 6.45) is 0. The summed E-state index contributed by atoms with van der Waals surface area (Å²) in [6, 6.07) is 20.2. The number of para-hydroxylation sites is 1. The van der Waals surface area contributed by atoms with E-state index in [1.165, 1.54) is 3.97 Å². The van der Waals surface area contributed by atoms with Crippen LogP contribution in [0.1, 0.15) is 5.56 Å². The van der Waals surface area contributed by atoms with Crippen LogP contribution >= 0.6 is 15.9 Å². The van der Waals surface area contributed by atoms with Crippen molar-refractivity contribution in [1.82, 2.24) is 3.97 Å². The summed E-state index contributed by atoms with van der Waals surface area (Å²) in [5.74, 6) is 0. The number of benzene rings is 3. The van der Waals surface area contributed by atoms with Crippen molar-refractivity contribution in [1.29, 1.82) is 0 Å². The molecule has 4 rings (SSSR count). The number of nitrogens with zero attached hydrogens (tertiary/aromatic N) is 1. The van der Waals surface area contributed by atoms with Crippen molar-refractivity contribution in [3.8, 4) is 0 Å². The Hall–Kier alpha value is -2.11. The van der Waals surface area contributed by atoms with Gasteiger partial charge in [-0.2, -0.15) is 0 Å². The highest BCUT2D eigenvalue weighted by molar-refractivity contribution is 9.10. The predicted octanol–water partition coefficient (Wildman–Crippen LogP) is 5.10. The quantitative estimate of drug-likeness (QED) is 0.470. The lowest BCUT2D eigenvalue weighted by molar-refractivity contribution is 0.590. The minimum absolute atomic E-state index is 0.288. The maximum Gasteiger partial charge on any atom is 0.268 e. The molecule has 0 fully saturated rings. The molecule has 0 aliphatic rings. The molecule has 5 heteroatoms. The highest BCUT2D eigenvalue weighted by Gasteiger charge is 2.23. The fourth-order valence-electron chi connectivity index (χ4n) is 2.98. The van der Waals surface area contributed by atoms with E-state index in [-0.39, 0.29) is 4.90 Å². The molecular weight excluding hydrogens is 386 g/mol. The third kappa shape index (κ3) is 2.27. The van der Waals surface area contributed by atoms with Crippen LogP contribution in [0.2, 0.25) is 0 Å². The van der Waals surface area contributed by atoms with Gasteiger partial charge in [0.1, 0.15) is 0 Å². The SMILES string of the molecule is Cc1ccc(S(=O)(=O)n2c3ccccc3c3ccc(Br)cc32)cc1. The van der Waals surface area contributed by atoms with Crippen LogP contribution in [0.3, 0.4) is 0 Å². The Bertz CT molecular complexity index is 1180. The largest absolute Gasteiger partial charge is 0.268 e. The molecule has 4 aromatic rings. The van der Waals surface area contributed by atoms with Crippen LogP contribution in [-0.2, 0) is 10.0 Å². The van der Waals surface area contributed by atoms with E-state index in [9.17, 15) is 8.42 Å². The van der Waals surface area contributed by atoms with Crippen molar-refractivity contribution in [2.24, 2.45) is 0 Å². The monoisotopic (exact) mass is 399 g/mol. The first-order valence-corrected chi connectivity index (χ1v) is 9.73. The number of aryl methyl sites for hydroxylation is 1. The van der Waals surface area contributed by atoms with Crippen LogP contribution in [0.5, 0.6) is 0 Å². The molecule has 0 saturated heterocycles. The zero-order valence-electron chi connectivity index (χ0n) is 12.9. The van der Waals surface area contributed by atoms with E-state index in [1.807, 2.05) is 61.5 Å². The van der Waals surface area contributed by atoms with Gasteiger partial charge in [0.05, 0.1) is 15.9 Å². The van der Waals surface area contributed by atoms with Gasteiger partial charge < -0.3 is 0 Å². The van der Waals surface area contributed by atoms with Crippen molar-refractivity contribution >= 4 is 47.8 Å². The third-order valence-corrected chi connectivity index (χ3v) is 6.39. The molecule has 0 aliphatic heterocycles. The summed E-state index contributed by atoms with van der Waals surface area (Å²) < 4.78 is 28.9. The van der Waals surface area contributed by atoms with Crippen molar-refractivity contribution in [3.63, 3.8) is 0 Å². The molecule has 24 heavy (non-hydrogen) atoms. The van der Waals surface area contributed by atoms with E-state index >= 15 is 0 Å². The van der Waals surface area contributed by atoms with Crippen LogP contribution in [0, 0.1) is 6.92 Å². The first kappa shape index (κ1) is 15.4. The Morgan fingerprint density at radius 1 is 0.833 bits per heavy atom. The molecule has 0 aliphatic carbocycles. The second-order valence-corrected chi connectivity index (χ2v) is 8.46. The predicted molar refractivity (Wildman–Crippen MR) is 101 cm³/mol. The Morgan fingerprint density at radius 3 is 2.25 bits per heavy atom. The maximum absolute atomic E-state index is 13.3. The van der Waals surface area contributed by atoms with Gasteiger partial charge in [-0.25, -0.2) is 12.4 Å². The summed E-state index contributed by atoms with van der Waals surface area (Å²) in [4.78, 5) is 0.288. The molecule has 0 N–H and O–H groups in total. The lowest BCUT2D eigenvalue weighted by atomic mass is 10.2. The van der Waals surface area contributed by atoms with Crippen LogP contribution in [0.4, 0.5) is 0 Å². The van der Waals surface area contributed by atoms with Crippen LogP contribution in [0.15, 0.2) is 76.1 Å². The molecule has 0 spiro atoms. The summed E-state index contributed by atoms with van der Waals surface area (Å²) in [7, 11) is -3.69. The molecule has 3 aromatic carbocycles. The van der Waals surface area contributed by atoms with Gasteiger partial charge in [-0.3, -0.25) is 0 Å². The Kier molecular flexibility index (Phi) is 3.51. The Morgan fingerprint density at radius 2 is 1.50 bits per heavy atom. The van der Waals surface area contributed by atoms with Gasteiger partial charge in [0, 0.05) is 15.2 Å². The van der Waals surface area contributed by atoms with Gasteiger partial charge in [-0.15, -0.1) is 0 Å². The number of halogens is 1. The zero-order valence-corrected chi connectivity index (χ0v) is 15.3. The second kappa shape index (κ2) is 5.46. The molecule has 0 atom stereocenters. The van der Waals surface area contributed by atoms with Crippen LogP contribution < -0.4 is 0 Å².